The molecule has 0 spiro atoms. The lowest BCUT2D eigenvalue weighted by Gasteiger charge is -2.21. The first-order valence-corrected chi connectivity index (χ1v) is 8.94. The van der Waals surface area contributed by atoms with Crippen LogP contribution in [0.3, 0.4) is 0 Å². The number of hydrogen-bond donors (Lipinski definition) is 1. The van der Waals surface area contributed by atoms with Gasteiger partial charge in [-0.2, -0.15) is 5.10 Å². The summed E-state index contributed by atoms with van der Waals surface area (Å²) in [6, 6.07) is 6.12. The Balaban J connectivity index is 2.47. The molecule has 1 aromatic carbocycles. The van der Waals surface area contributed by atoms with E-state index in [4.69, 9.17) is 11.6 Å². The summed E-state index contributed by atoms with van der Waals surface area (Å²) < 4.78 is 3.97. The van der Waals surface area contributed by atoms with Gasteiger partial charge in [0, 0.05) is 11.0 Å². The summed E-state index contributed by atoms with van der Waals surface area (Å²) in [5.41, 5.74) is 2.26. The summed E-state index contributed by atoms with van der Waals surface area (Å²) in [5.74, 6) is 0. The van der Waals surface area contributed by atoms with Gasteiger partial charge in [0.25, 0.3) is 0 Å². The first-order chi connectivity index (χ1) is 10.1. The highest BCUT2D eigenvalue weighted by Gasteiger charge is 2.21. The molecule has 0 radical (unpaired) electrons. The number of rotatable bonds is 6. The number of nitrogens with zero attached hydrogens (tertiary/aromatic N) is 2. The fourth-order valence-corrected chi connectivity index (χ4v) is 3.28. The number of nitrogens with one attached hydrogen (secondary N) is 1. The standard InChI is InChI=1S/C15H18Br2ClN3/c1-3-7-21-15(12(17)9-20-21)14(19-4-2)10-5-6-11(16)13(18)8-10/h5-6,8-9,14,19H,3-4,7H2,1-2H3. The molecule has 1 N–H and O–H groups in total. The van der Waals surface area contributed by atoms with Crippen LogP contribution < -0.4 is 5.32 Å². The van der Waals surface area contributed by atoms with Gasteiger partial charge >= 0.3 is 0 Å². The Morgan fingerprint density at radius 1 is 1.29 bits per heavy atom. The lowest BCUT2D eigenvalue weighted by atomic mass is 10.0. The van der Waals surface area contributed by atoms with Crippen molar-refractivity contribution in [1.82, 2.24) is 15.1 Å². The molecule has 114 valence electrons. The lowest BCUT2D eigenvalue weighted by molar-refractivity contribution is 0.519. The van der Waals surface area contributed by atoms with Crippen LogP contribution in [-0.2, 0) is 6.54 Å². The predicted octanol–water partition coefficient (Wildman–Crippen LogP) is 5.17. The van der Waals surface area contributed by atoms with Gasteiger partial charge in [-0.25, -0.2) is 0 Å². The highest BCUT2D eigenvalue weighted by atomic mass is 79.9. The summed E-state index contributed by atoms with van der Waals surface area (Å²) in [6.07, 6.45) is 2.90. The monoisotopic (exact) mass is 433 g/mol. The second-order valence-electron chi connectivity index (χ2n) is 4.77. The second kappa shape index (κ2) is 7.77. The highest BCUT2D eigenvalue weighted by Crippen LogP contribution is 2.32. The SMILES string of the molecule is CCCn1ncc(Br)c1C(NCC)c1ccc(Br)c(Cl)c1. The molecule has 0 fully saturated rings. The average molecular weight is 436 g/mol. The molecule has 0 amide bonds. The van der Waals surface area contributed by atoms with Crippen molar-refractivity contribution in [3.8, 4) is 0 Å². The summed E-state index contributed by atoms with van der Waals surface area (Å²) in [4.78, 5) is 0. The zero-order valence-corrected chi connectivity index (χ0v) is 16.0. The van der Waals surface area contributed by atoms with E-state index in [0.717, 1.165) is 39.7 Å². The fraction of sp³-hybridized carbons (Fsp3) is 0.400. The van der Waals surface area contributed by atoms with Crippen molar-refractivity contribution in [3.63, 3.8) is 0 Å². The van der Waals surface area contributed by atoms with Crippen molar-refractivity contribution in [2.24, 2.45) is 0 Å². The van der Waals surface area contributed by atoms with E-state index in [0.29, 0.717) is 5.02 Å². The van der Waals surface area contributed by atoms with Crippen LogP contribution >= 0.6 is 43.5 Å². The van der Waals surface area contributed by atoms with Gasteiger partial charge in [-0.15, -0.1) is 0 Å². The largest absolute Gasteiger partial charge is 0.305 e. The van der Waals surface area contributed by atoms with E-state index >= 15 is 0 Å². The van der Waals surface area contributed by atoms with Crippen molar-refractivity contribution in [2.45, 2.75) is 32.9 Å². The molecular weight excluding hydrogens is 417 g/mol. The quantitative estimate of drug-likeness (QED) is 0.678. The lowest BCUT2D eigenvalue weighted by Crippen LogP contribution is -2.25. The fourth-order valence-electron chi connectivity index (χ4n) is 2.32. The third-order valence-corrected chi connectivity index (χ3v) is 5.07. The first kappa shape index (κ1) is 17.0. The summed E-state index contributed by atoms with van der Waals surface area (Å²) in [5, 5.41) is 8.70. The van der Waals surface area contributed by atoms with Crippen molar-refractivity contribution in [2.75, 3.05) is 6.54 Å². The molecule has 1 unspecified atom stereocenters. The van der Waals surface area contributed by atoms with E-state index in [1.165, 1.54) is 0 Å². The van der Waals surface area contributed by atoms with Crippen molar-refractivity contribution < 1.29 is 0 Å². The van der Waals surface area contributed by atoms with Crippen molar-refractivity contribution >= 4 is 43.5 Å². The molecule has 0 aliphatic rings. The Morgan fingerprint density at radius 2 is 2.05 bits per heavy atom. The molecule has 1 heterocycles. The Kier molecular flexibility index (Phi) is 6.29. The highest BCUT2D eigenvalue weighted by molar-refractivity contribution is 9.10. The molecule has 0 aliphatic heterocycles. The molecule has 0 saturated heterocycles. The Morgan fingerprint density at radius 3 is 2.67 bits per heavy atom. The van der Waals surface area contributed by atoms with Gasteiger partial charge in [-0.1, -0.05) is 31.5 Å². The van der Waals surface area contributed by atoms with Crippen LogP contribution in [0.25, 0.3) is 0 Å². The Labute approximate surface area is 147 Å². The molecule has 2 rings (SSSR count). The summed E-state index contributed by atoms with van der Waals surface area (Å²) in [7, 11) is 0. The Hall–Kier alpha value is -0.360. The van der Waals surface area contributed by atoms with Crippen LogP contribution in [-0.4, -0.2) is 16.3 Å². The molecule has 3 nitrogen and oxygen atoms in total. The van der Waals surface area contributed by atoms with Gasteiger partial charge < -0.3 is 5.32 Å². The van der Waals surface area contributed by atoms with Crippen molar-refractivity contribution in [3.05, 3.63) is 49.6 Å². The van der Waals surface area contributed by atoms with Crippen LogP contribution in [0.1, 0.15) is 37.6 Å². The van der Waals surface area contributed by atoms with Crippen molar-refractivity contribution in [1.29, 1.82) is 0 Å². The number of hydrogen-bond acceptors (Lipinski definition) is 2. The van der Waals surface area contributed by atoms with E-state index in [9.17, 15) is 0 Å². The molecule has 0 aliphatic carbocycles. The first-order valence-electron chi connectivity index (χ1n) is 6.98. The molecule has 0 bridgehead atoms. The molecule has 21 heavy (non-hydrogen) atoms. The van der Waals surface area contributed by atoms with Crippen LogP contribution in [0.5, 0.6) is 0 Å². The van der Waals surface area contributed by atoms with Gasteiger partial charge in [0.05, 0.1) is 27.4 Å². The number of aromatic nitrogens is 2. The van der Waals surface area contributed by atoms with Gasteiger partial charge in [0.1, 0.15) is 0 Å². The van der Waals surface area contributed by atoms with Crippen LogP contribution in [0, 0.1) is 0 Å². The summed E-state index contributed by atoms with van der Waals surface area (Å²) in [6.45, 7) is 6.01. The maximum Gasteiger partial charge on any atom is 0.0760 e. The summed E-state index contributed by atoms with van der Waals surface area (Å²) >= 11 is 13.3. The van der Waals surface area contributed by atoms with Crippen LogP contribution in [0.15, 0.2) is 33.3 Å². The van der Waals surface area contributed by atoms with Crippen LogP contribution in [0.2, 0.25) is 5.02 Å². The third-order valence-electron chi connectivity index (χ3n) is 3.23. The maximum atomic E-state index is 6.25. The molecule has 1 aromatic heterocycles. The maximum absolute atomic E-state index is 6.25. The van der Waals surface area contributed by atoms with Gasteiger partial charge in [-0.05, 0) is 62.5 Å². The van der Waals surface area contributed by atoms with Gasteiger partial charge in [-0.3, -0.25) is 4.68 Å². The van der Waals surface area contributed by atoms with E-state index in [1.807, 2.05) is 23.0 Å². The molecule has 6 heteroatoms. The third kappa shape index (κ3) is 3.89. The minimum atomic E-state index is 0.0593. The minimum absolute atomic E-state index is 0.0593. The zero-order chi connectivity index (χ0) is 15.4. The number of halogens is 3. The van der Waals surface area contributed by atoms with Gasteiger partial charge in [0.2, 0.25) is 0 Å². The smallest absolute Gasteiger partial charge is 0.0760 e. The molecule has 2 aromatic rings. The molecular formula is C15H18Br2ClN3. The molecule has 0 saturated carbocycles. The number of aryl methyl sites for hydroxylation is 1. The minimum Gasteiger partial charge on any atom is -0.305 e. The Bertz CT molecular complexity index is 613. The molecule has 1 atom stereocenters. The van der Waals surface area contributed by atoms with E-state index in [2.05, 4.69) is 62.2 Å². The number of benzene rings is 1. The van der Waals surface area contributed by atoms with Gasteiger partial charge in [0.15, 0.2) is 0 Å². The van der Waals surface area contributed by atoms with E-state index in [-0.39, 0.29) is 6.04 Å². The second-order valence-corrected chi connectivity index (χ2v) is 6.88. The van der Waals surface area contributed by atoms with E-state index in [1.54, 1.807) is 0 Å². The normalized spacial score (nSPS) is 12.6. The van der Waals surface area contributed by atoms with E-state index < -0.39 is 0 Å². The predicted molar refractivity (Wildman–Crippen MR) is 94.9 cm³/mol. The van der Waals surface area contributed by atoms with Crippen LogP contribution in [0.4, 0.5) is 0 Å². The zero-order valence-electron chi connectivity index (χ0n) is 12.0. The average Bonchev–Trinajstić information content (AvgIpc) is 2.81. The topological polar surface area (TPSA) is 29.9 Å².